The van der Waals surface area contributed by atoms with Crippen LogP contribution in [0.3, 0.4) is 0 Å². The largest absolute Gasteiger partial charge is 0.497 e. The predicted molar refractivity (Wildman–Crippen MR) is 118 cm³/mol. The lowest BCUT2D eigenvalue weighted by Gasteiger charge is -2.15. The molecule has 0 bridgehead atoms. The number of nitrogens with zero attached hydrogens (tertiary/aromatic N) is 1. The van der Waals surface area contributed by atoms with Crippen LogP contribution in [0.15, 0.2) is 47.6 Å². The summed E-state index contributed by atoms with van der Waals surface area (Å²) in [6.07, 6.45) is 2.57. The molecule has 7 nitrogen and oxygen atoms in total. The molecule has 0 atom stereocenters. The van der Waals surface area contributed by atoms with E-state index in [0.717, 1.165) is 35.0 Å². The summed E-state index contributed by atoms with van der Waals surface area (Å²) in [6.45, 7) is 5.39. The van der Waals surface area contributed by atoms with Crippen LogP contribution in [0.4, 0.5) is 5.69 Å². The number of quaternary nitrogens is 1. The Labute approximate surface area is 178 Å². The van der Waals surface area contributed by atoms with Crippen LogP contribution in [0.2, 0.25) is 0 Å². The van der Waals surface area contributed by atoms with Gasteiger partial charge in [0.05, 0.1) is 39.6 Å². The summed E-state index contributed by atoms with van der Waals surface area (Å²) in [5.74, 6) is 1.47. The maximum Gasteiger partial charge on any atom is 0.259 e. The molecule has 0 spiro atoms. The van der Waals surface area contributed by atoms with Crippen molar-refractivity contribution in [2.24, 2.45) is 5.10 Å². The van der Waals surface area contributed by atoms with Crippen LogP contribution >= 0.6 is 0 Å². The van der Waals surface area contributed by atoms with Crippen LogP contribution in [-0.4, -0.2) is 45.5 Å². The topological polar surface area (TPSA) is 76.4 Å². The number of benzene rings is 2. The van der Waals surface area contributed by atoms with Gasteiger partial charge in [0.25, 0.3) is 5.91 Å². The molecule has 30 heavy (non-hydrogen) atoms. The van der Waals surface area contributed by atoms with E-state index < -0.39 is 0 Å². The highest BCUT2D eigenvalue weighted by Crippen LogP contribution is 2.20. The van der Waals surface area contributed by atoms with E-state index >= 15 is 0 Å². The van der Waals surface area contributed by atoms with E-state index in [1.807, 2.05) is 43.3 Å². The van der Waals surface area contributed by atoms with E-state index in [-0.39, 0.29) is 12.5 Å². The fourth-order valence-corrected chi connectivity index (χ4v) is 3.60. The smallest absolute Gasteiger partial charge is 0.259 e. The summed E-state index contributed by atoms with van der Waals surface area (Å²) < 4.78 is 10.7. The van der Waals surface area contributed by atoms with Crippen LogP contribution in [-0.2, 0) is 11.3 Å². The Morgan fingerprint density at radius 2 is 1.80 bits per heavy atom. The van der Waals surface area contributed by atoms with E-state index in [4.69, 9.17) is 9.47 Å². The van der Waals surface area contributed by atoms with E-state index in [9.17, 15) is 4.79 Å². The second-order valence-corrected chi connectivity index (χ2v) is 7.47. The molecule has 1 heterocycles. The Balaban J connectivity index is 1.57. The van der Waals surface area contributed by atoms with E-state index in [1.54, 1.807) is 19.1 Å². The number of hydrogen-bond acceptors (Lipinski definition) is 5. The lowest BCUT2D eigenvalue weighted by Crippen LogP contribution is -3.08. The zero-order valence-corrected chi connectivity index (χ0v) is 18.0. The van der Waals surface area contributed by atoms with Gasteiger partial charge < -0.3 is 19.7 Å². The lowest BCUT2D eigenvalue weighted by molar-refractivity contribution is -0.901. The molecule has 0 saturated carbocycles. The molecule has 160 valence electrons. The zero-order valence-electron chi connectivity index (χ0n) is 18.0. The van der Waals surface area contributed by atoms with Gasteiger partial charge in [-0.3, -0.25) is 4.79 Å². The average Bonchev–Trinajstić information content (AvgIpc) is 3.29. The number of hydrogen-bond donors (Lipinski definition) is 3. The summed E-state index contributed by atoms with van der Waals surface area (Å²) in [6, 6.07) is 13.5. The SMILES string of the molecule is COc1ccc(NCC(=O)N/N=C(/C)c2ccc(OC)c(C[NH+]3CCCC3)c2)cc1. The molecule has 0 aromatic heterocycles. The zero-order chi connectivity index (χ0) is 21.3. The van der Waals surface area contributed by atoms with Crippen molar-refractivity contribution in [1.82, 2.24) is 5.43 Å². The number of amides is 1. The molecule has 0 unspecified atom stereocenters. The van der Waals surface area contributed by atoms with Gasteiger partial charge in [0, 0.05) is 24.1 Å². The minimum atomic E-state index is -0.208. The van der Waals surface area contributed by atoms with Gasteiger partial charge in [-0.05, 0) is 55.0 Å². The number of methoxy groups -OCH3 is 2. The van der Waals surface area contributed by atoms with Crippen molar-refractivity contribution in [3.8, 4) is 11.5 Å². The number of nitrogens with one attached hydrogen (secondary N) is 3. The van der Waals surface area contributed by atoms with Crippen LogP contribution in [0.5, 0.6) is 11.5 Å². The van der Waals surface area contributed by atoms with Crippen LogP contribution in [0, 0.1) is 0 Å². The molecular formula is C23H31N4O3+. The lowest BCUT2D eigenvalue weighted by atomic mass is 10.1. The molecule has 3 rings (SSSR count). The molecule has 3 N–H and O–H groups in total. The van der Waals surface area contributed by atoms with Crippen molar-refractivity contribution < 1.29 is 19.2 Å². The highest BCUT2D eigenvalue weighted by molar-refractivity contribution is 5.99. The Hall–Kier alpha value is -3.06. The molecular weight excluding hydrogens is 380 g/mol. The summed E-state index contributed by atoms with van der Waals surface area (Å²) in [4.78, 5) is 13.7. The number of carbonyl (C=O) groups is 1. The molecule has 1 amide bonds. The van der Waals surface area contributed by atoms with Crippen molar-refractivity contribution in [3.05, 3.63) is 53.6 Å². The second-order valence-electron chi connectivity index (χ2n) is 7.47. The first-order valence-electron chi connectivity index (χ1n) is 10.3. The van der Waals surface area contributed by atoms with Crippen molar-refractivity contribution in [3.63, 3.8) is 0 Å². The third kappa shape index (κ3) is 5.97. The van der Waals surface area contributed by atoms with Gasteiger partial charge in [-0.25, -0.2) is 5.43 Å². The first kappa shape index (κ1) is 21.6. The highest BCUT2D eigenvalue weighted by Gasteiger charge is 2.18. The van der Waals surface area contributed by atoms with Crippen molar-refractivity contribution in [2.75, 3.05) is 39.2 Å². The van der Waals surface area contributed by atoms with Crippen LogP contribution in [0.1, 0.15) is 30.9 Å². The molecule has 1 aliphatic heterocycles. The van der Waals surface area contributed by atoms with Crippen LogP contribution < -0.4 is 25.1 Å². The molecule has 2 aromatic carbocycles. The average molecular weight is 412 g/mol. The maximum atomic E-state index is 12.1. The molecule has 7 heteroatoms. The molecule has 2 aromatic rings. The number of ether oxygens (including phenoxy) is 2. The second kappa shape index (κ2) is 10.6. The number of likely N-dealkylation sites (tertiary alicyclic amines) is 1. The number of carbonyl (C=O) groups excluding carboxylic acids is 1. The first-order valence-corrected chi connectivity index (χ1v) is 10.3. The Morgan fingerprint density at radius 3 is 2.47 bits per heavy atom. The van der Waals surface area contributed by atoms with Gasteiger partial charge in [-0.1, -0.05) is 0 Å². The van der Waals surface area contributed by atoms with Gasteiger partial charge in [-0.15, -0.1) is 0 Å². The van der Waals surface area contributed by atoms with Crippen LogP contribution in [0.25, 0.3) is 0 Å². The monoisotopic (exact) mass is 411 g/mol. The molecule has 0 aliphatic carbocycles. The number of rotatable bonds is 9. The minimum Gasteiger partial charge on any atom is -0.497 e. The number of hydrazone groups is 1. The van der Waals surface area contributed by atoms with E-state index in [0.29, 0.717) is 0 Å². The molecule has 1 fully saturated rings. The van der Waals surface area contributed by atoms with Gasteiger partial charge in [0.15, 0.2) is 0 Å². The van der Waals surface area contributed by atoms with Gasteiger partial charge >= 0.3 is 0 Å². The predicted octanol–water partition coefficient (Wildman–Crippen LogP) is 1.83. The van der Waals surface area contributed by atoms with Crippen molar-refractivity contribution in [2.45, 2.75) is 26.3 Å². The quantitative estimate of drug-likeness (QED) is 0.435. The summed E-state index contributed by atoms with van der Waals surface area (Å²) in [5, 5.41) is 7.34. The molecule has 1 saturated heterocycles. The van der Waals surface area contributed by atoms with E-state index in [1.165, 1.54) is 31.5 Å². The Bertz CT molecular complexity index is 875. The van der Waals surface area contributed by atoms with Gasteiger partial charge in [0.2, 0.25) is 0 Å². The fraction of sp³-hybridized carbons (Fsp3) is 0.391. The number of anilines is 1. The Morgan fingerprint density at radius 1 is 1.07 bits per heavy atom. The minimum absolute atomic E-state index is 0.134. The van der Waals surface area contributed by atoms with E-state index in [2.05, 4.69) is 21.9 Å². The summed E-state index contributed by atoms with van der Waals surface area (Å²) in [5.41, 5.74) is 6.38. The normalized spacial score (nSPS) is 14.4. The van der Waals surface area contributed by atoms with Gasteiger partial charge in [-0.2, -0.15) is 5.10 Å². The third-order valence-corrected chi connectivity index (χ3v) is 5.34. The maximum absolute atomic E-state index is 12.1. The highest BCUT2D eigenvalue weighted by atomic mass is 16.5. The first-order chi connectivity index (χ1) is 14.6. The Kier molecular flexibility index (Phi) is 7.68. The van der Waals surface area contributed by atoms with Gasteiger partial charge in [0.1, 0.15) is 18.0 Å². The fourth-order valence-electron chi connectivity index (χ4n) is 3.60. The standard InChI is InChI=1S/C23H30N4O3/c1-17(25-26-23(28)15-24-20-7-9-21(29-2)10-8-20)18-6-11-22(30-3)19(14-18)16-27-12-4-5-13-27/h6-11,14,24H,4-5,12-13,15-16H2,1-3H3,(H,26,28)/p+1/b25-17-. The molecule has 1 aliphatic rings. The van der Waals surface area contributed by atoms with Crippen molar-refractivity contribution >= 4 is 17.3 Å². The summed E-state index contributed by atoms with van der Waals surface area (Å²) in [7, 11) is 3.32. The molecule has 0 radical (unpaired) electrons. The third-order valence-electron chi connectivity index (χ3n) is 5.34. The summed E-state index contributed by atoms with van der Waals surface area (Å²) >= 11 is 0. The van der Waals surface area contributed by atoms with Crippen molar-refractivity contribution in [1.29, 1.82) is 0 Å².